The van der Waals surface area contributed by atoms with Gasteiger partial charge in [0.15, 0.2) is 5.69 Å². The predicted molar refractivity (Wildman–Crippen MR) is 81.1 cm³/mol. The van der Waals surface area contributed by atoms with Crippen LogP contribution < -0.4 is 5.32 Å². The molecule has 1 aromatic heterocycles. The van der Waals surface area contributed by atoms with E-state index in [1.54, 1.807) is 5.38 Å². The van der Waals surface area contributed by atoms with E-state index >= 15 is 0 Å². The molecule has 0 atom stereocenters. The topological polar surface area (TPSA) is 64.1 Å². The molecule has 0 spiro atoms. The molecule has 0 aliphatic carbocycles. The number of carbonyl (C=O) groups excluding carboxylic acids is 1. The van der Waals surface area contributed by atoms with Gasteiger partial charge in [-0.1, -0.05) is 43.5 Å². The molecule has 20 heavy (non-hydrogen) atoms. The maximum absolute atomic E-state index is 11.5. The van der Waals surface area contributed by atoms with Gasteiger partial charge in [0, 0.05) is 25.1 Å². The molecule has 0 unspecified atom stereocenters. The fourth-order valence-corrected chi connectivity index (χ4v) is 2.25. The molecule has 0 saturated carbocycles. The lowest BCUT2D eigenvalue weighted by molar-refractivity contribution is 0.0935. The summed E-state index contributed by atoms with van der Waals surface area (Å²) in [6, 6.07) is 0. The van der Waals surface area contributed by atoms with Crippen molar-refractivity contribution in [3.63, 3.8) is 0 Å². The van der Waals surface area contributed by atoms with E-state index in [4.69, 9.17) is 4.74 Å². The summed E-state index contributed by atoms with van der Waals surface area (Å²) in [5, 5.41) is 8.15. The van der Waals surface area contributed by atoms with Gasteiger partial charge in [0.1, 0.15) is 0 Å². The van der Waals surface area contributed by atoms with E-state index in [1.807, 2.05) is 0 Å². The first kappa shape index (κ1) is 17.0. The van der Waals surface area contributed by atoms with E-state index in [1.165, 1.54) is 43.6 Å². The minimum atomic E-state index is -0.158. The molecule has 0 aliphatic rings. The van der Waals surface area contributed by atoms with E-state index in [0.717, 1.165) is 19.4 Å². The number of hydrogen-bond donors (Lipinski definition) is 1. The zero-order valence-electron chi connectivity index (χ0n) is 12.3. The first-order valence-electron chi connectivity index (χ1n) is 7.47. The summed E-state index contributed by atoms with van der Waals surface area (Å²) in [6.45, 7) is 4.38. The third-order valence-corrected chi connectivity index (χ3v) is 3.49. The van der Waals surface area contributed by atoms with Crippen LogP contribution in [0.4, 0.5) is 0 Å². The number of nitrogens with one attached hydrogen (secondary N) is 1. The van der Waals surface area contributed by atoms with E-state index < -0.39 is 0 Å². The van der Waals surface area contributed by atoms with E-state index in [0.29, 0.717) is 18.8 Å². The van der Waals surface area contributed by atoms with Crippen LogP contribution in [0.25, 0.3) is 0 Å². The van der Waals surface area contributed by atoms with Gasteiger partial charge in [0.25, 0.3) is 5.91 Å². The molecule has 0 fully saturated rings. The van der Waals surface area contributed by atoms with Crippen molar-refractivity contribution in [2.24, 2.45) is 0 Å². The van der Waals surface area contributed by atoms with Crippen LogP contribution in [0.2, 0.25) is 0 Å². The molecule has 0 radical (unpaired) electrons. The van der Waals surface area contributed by atoms with Gasteiger partial charge in [-0.25, -0.2) is 0 Å². The van der Waals surface area contributed by atoms with Crippen molar-refractivity contribution in [1.29, 1.82) is 0 Å². The number of aromatic nitrogens is 2. The zero-order valence-corrected chi connectivity index (χ0v) is 13.1. The molecule has 0 aromatic carbocycles. The first-order valence-corrected chi connectivity index (χ1v) is 8.31. The average molecular weight is 299 g/mol. The largest absolute Gasteiger partial charge is 0.381 e. The van der Waals surface area contributed by atoms with Gasteiger partial charge < -0.3 is 10.1 Å². The number of unbranched alkanes of at least 4 members (excludes halogenated alkanes) is 5. The highest BCUT2D eigenvalue weighted by molar-refractivity contribution is 7.03. The smallest absolute Gasteiger partial charge is 0.272 e. The van der Waals surface area contributed by atoms with Crippen molar-refractivity contribution < 1.29 is 9.53 Å². The minimum Gasteiger partial charge on any atom is -0.381 e. The average Bonchev–Trinajstić information content (AvgIpc) is 2.99. The first-order chi connectivity index (χ1) is 9.84. The van der Waals surface area contributed by atoms with Crippen molar-refractivity contribution in [2.75, 3.05) is 19.8 Å². The highest BCUT2D eigenvalue weighted by Crippen LogP contribution is 2.04. The summed E-state index contributed by atoms with van der Waals surface area (Å²) < 4.78 is 9.19. The Morgan fingerprint density at radius 3 is 2.70 bits per heavy atom. The van der Waals surface area contributed by atoms with Crippen LogP contribution in [0.5, 0.6) is 0 Å². The molecule has 0 bridgehead atoms. The SMILES string of the molecule is CCCCCCCCOCCCNC(=O)c1csnn1. The molecule has 1 N–H and O–H groups in total. The van der Waals surface area contributed by atoms with E-state index in [9.17, 15) is 4.79 Å². The van der Waals surface area contributed by atoms with Gasteiger partial charge in [0.05, 0.1) is 0 Å². The number of amides is 1. The summed E-state index contributed by atoms with van der Waals surface area (Å²) >= 11 is 1.18. The van der Waals surface area contributed by atoms with Gasteiger partial charge in [-0.15, -0.1) is 5.10 Å². The number of rotatable bonds is 12. The Balaban J connectivity index is 1.82. The molecule has 0 aliphatic heterocycles. The normalized spacial score (nSPS) is 10.7. The fraction of sp³-hybridized carbons (Fsp3) is 0.786. The summed E-state index contributed by atoms with van der Waals surface area (Å²) in [5.41, 5.74) is 0.392. The molecular weight excluding hydrogens is 274 g/mol. The fourth-order valence-electron chi connectivity index (χ4n) is 1.82. The number of hydrogen-bond acceptors (Lipinski definition) is 5. The van der Waals surface area contributed by atoms with Crippen LogP contribution in [0, 0.1) is 0 Å². The van der Waals surface area contributed by atoms with Crippen molar-refractivity contribution in [3.8, 4) is 0 Å². The van der Waals surface area contributed by atoms with Gasteiger partial charge in [-0.3, -0.25) is 4.79 Å². The summed E-state index contributed by atoms with van der Waals surface area (Å²) in [6.07, 6.45) is 8.52. The monoisotopic (exact) mass is 299 g/mol. The Morgan fingerprint density at radius 2 is 1.95 bits per heavy atom. The highest BCUT2D eigenvalue weighted by Gasteiger charge is 2.06. The number of carbonyl (C=O) groups is 1. The van der Waals surface area contributed by atoms with E-state index in [2.05, 4.69) is 21.8 Å². The van der Waals surface area contributed by atoms with Crippen LogP contribution in [-0.4, -0.2) is 35.3 Å². The molecule has 114 valence electrons. The van der Waals surface area contributed by atoms with Gasteiger partial charge >= 0.3 is 0 Å². The van der Waals surface area contributed by atoms with E-state index in [-0.39, 0.29) is 5.91 Å². The van der Waals surface area contributed by atoms with Gasteiger partial charge in [-0.2, -0.15) is 0 Å². The molecule has 1 heterocycles. The Bertz CT molecular complexity index is 344. The summed E-state index contributed by atoms with van der Waals surface area (Å²) in [5.74, 6) is -0.158. The highest BCUT2D eigenvalue weighted by atomic mass is 32.1. The molecule has 6 heteroatoms. The Morgan fingerprint density at radius 1 is 1.20 bits per heavy atom. The third kappa shape index (κ3) is 8.22. The maximum atomic E-state index is 11.5. The molecule has 1 rings (SSSR count). The predicted octanol–water partition coefficient (Wildman–Crippen LogP) is 3.04. The van der Waals surface area contributed by atoms with Crippen LogP contribution in [0.3, 0.4) is 0 Å². The van der Waals surface area contributed by atoms with Crippen LogP contribution in [0.15, 0.2) is 5.38 Å². The number of ether oxygens (including phenoxy) is 1. The summed E-state index contributed by atoms with van der Waals surface area (Å²) in [4.78, 5) is 11.5. The van der Waals surface area contributed by atoms with Gasteiger partial charge in [-0.05, 0) is 24.4 Å². The van der Waals surface area contributed by atoms with Crippen molar-refractivity contribution in [2.45, 2.75) is 51.9 Å². The van der Waals surface area contributed by atoms with Crippen molar-refractivity contribution >= 4 is 17.4 Å². The molecule has 0 saturated heterocycles. The standard InChI is InChI=1S/C14H25N3O2S/c1-2-3-4-5-6-7-10-19-11-8-9-15-14(18)13-12-20-17-16-13/h12H,2-11H2,1H3,(H,15,18). The second-order valence-corrected chi connectivity index (χ2v) is 5.39. The Hall–Kier alpha value is -1.01. The lowest BCUT2D eigenvalue weighted by Crippen LogP contribution is -2.25. The maximum Gasteiger partial charge on any atom is 0.272 e. The van der Waals surface area contributed by atoms with Crippen molar-refractivity contribution in [3.05, 3.63) is 11.1 Å². The second kappa shape index (κ2) is 11.8. The Kier molecular flexibility index (Phi) is 10.0. The molecular formula is C14H25N3O2S. The summed E-state index contributed by atoms with van der Waals surface area (Å²) in [7, 11) is 0. The van der Waals surface area contributed by atoms with Gasteiger partial charge in [0.2, 0.25) is 0 Å². The van der Waals surface area contributed by atoms with Crippen LogP contribution in [-0.2, 0) is 4.74 Å². The van der Waals surface area contributed by atoms with Crippen LogP contribution >= 0.6 is 11.5 Å². The lowest BCUT2D eigenvalue weighted by Gasteiger charge is -2.05. The second-order valence-electron chi connectivity index (χ2n) is 4.78. The van der Waals surface area contributed by atoms with Crippen molar-refractivity contribution in [1.82, 2.24) is 14.9 Å². The zero-order chi connectivity index (χ0) is 14.5. The molecule has 1 aromatic rings. The van der Waals surface area contributed by atoms with Crippen LogP contribution in [0.1, 0.15) is 62.4 Å². The minimum absolute atomic E-state index is 0.158. The lowest BCUT2D eigenvalue weighted by atomic mass is 10.1. The third-order valence-electron chi connectivity index (χ3n) is 2.99. The quantitative estimate of drug-likeness (QED) is 0.603. The Labute approximate surface area is 125 Å². The molecule has 1 amide bonds. The molecule has 5 nitrogen and oxygen atoms in total. The number of nitrogens with zero attached hydrogens (tertiary/aromatic N) is 2.